The zero-order valence-electron chi connectivity index (χ0n) is 7.49. The molecule has 0 radical (unpaired) electrons. The van der Waals surface area contributed by atoms with E-state index in [2.05, 4.69) is 21.9 Å². The predicted octanol–water partition coefficient (Wildman–Crippen LogP) is 2.03. The van der Waals surface area contributed by atoms with Crippen LogP contribution in [-0.2, 0) is 6.42 Å². The first-order valence-corrected chi connectivity index (χ1v) is 4.34. The monoisotopic (exact) mass is 173 g/mol. The molecule has 2 aromatic rings. The fourth-order valence-electron chi connectivity index (χ4n) is 1.34. The third-order valence-electron chi connectivity index (χ3n) is 2.01. The van der Waals surface area contributed by atoms with E-state index < -0.39 is 0 Å². The van der Waals surface area contributed by atoms with Crippen molar-refractivity contribution in [3.8, 4) is 11.3 Å². The topological polar surface area (TPSA) is 41.6 Å². The number of hydrogen-bond donors (Lipinski definition) is 1. The number of rotatable bonds is 2. The average Bonchev–Trinajstić information content (AvgIpc) is 2.67. The van der Waals surface area contributed by atoms with E-state index in [4.69, 9.17) is 0 Å². The Balaban J connectivity index is 2.47. The van der Waals surface area contributed by atoms with E-state index in [0.717, 1.165) is 23.4 Å². The molecule has 2 aromatic heterocycles. The molecule has 66 valence electrons. The average molecular weight is 173 g/mol. The first-order chi connectivity index (χ1) is 6.42. The van der Waals surface area contributed by atoms with E-state index in [1.165, 1.54) is 0 Å². The summed E-state index contributed by atoms with van der Waals surface area (Å²) in [5.74, 6) is 0. The van der Waals surface area contributed by atoms with Crippen LogP contribution in [0.2, 0.25) is 0 Å². The first-order valence-electron chi connectivity index (χ1n) is 4.34. The molecule has 0 amide bonds. The van der Waals surface area contributed by atoms with Crippen LogP contribution >= 0.6 is 0 Å². The number of aromatic amines is 1. The van der Waals surface area contributed by atoms with Gasteiger partial charge in [0.05, 0.1) is 12.0 Å². The van der Waals surface area contributed by atoms with Gasteiger partial charge in [-0.15, -0.1) is 0 Å². The van der Waals surface area contributed by atoms with Crippen molar-refractivity contribution in [3.63, 3.8) is 0 Å². The van der Waals surface area contributed by atoms with Gasteiger partial charge in [-0.3, -0.25) is 4.98 Å². The zero-order chi connectivity index (χ0) is 9.10. The maximum Gasteiger partial charge on any atom is 0.0929 e. The molecule has 0 atom stereocenters. The minimum Gasteiger partial charge on any atom is -0.348 e. The summed E-state index contributed by atoms with van der Waals surface area (Å²) >= 11 is 0. The van der Waals surface area contributed by atoms with Gasteiger partial charge in [0.1, 0.15) is 0 Å². The lowest BCUT2D eigenvalue weighted by molar-refractivity contribution is 1.06. The molecule has 0 unspecified atom stereocenters. The van der Waals surface area contributed by atoms with Crippen LogP contribution < -0.4 is 0 Å². The lowest BCUT2D eigenvalue weighted by Crippen LogP contribution is -1.86. The highest BCUT2D eigenvalue weighted by Crippen LogP contribution is 2.18. The zero-order valence-corrected chi connectivity index (χ0v) is 7.49. The Morgan fingerprint density at radius 1 is 1.46 bits per heavy atom. The normalized spacial score (nSPS) is 10.2. The molecule has 13 heavy (non-hydrogen) atoms. The molecule has 2 heterocycles. The fourth-order valence-corrected chi connectivity index (χ4v) is 1.34. The summed E-state index contributed by atoms with van der Waals surface area (Å²) in [6, 6.07) is 3.94. The molecule has 0 spiro atoms. The molecule has 0 aliphatic heterocycles. The largest absolute Gasteiger partial charge is 0.348 e. The summed E-state index contributed by atoms with van der Waals surface area (Å²) in [5, 5.41) is 0. The Bertz CT molecular complexity index is 378. The second-order valence-electron chi connectivity index (χ2n) is 2.82. The highest BCUT2D eigenvalue weighted by atomic mass is 14.9. The summed E-state index contributed by atoms with van der Waals surface area (Å²) in [6.45, 7) is 2.10. The lowest BCUT2D eigenvalue weighted by atomic mass is 10.1. The first kappa shape index (κ1) is 7.98. The SMILES string of the molecule is CCc1[nH]cnc1-c1cccnc1. The highest BCUT2D eigenvalue weighted by Gasteiger charge is 2.05. The van der Waals surface area contributed by atoms with Crippen LogP contribution in [0.15, 0.2) is 30.9 Å². The van der Waals surface area contributed by atoms with Crippen molar-refractivity contribution in [2.45, 2.75) is 13.3 Å². The van der Waals surface area contributed by atoms with E-state index >= 15 is 0 Å². The van der Waals surface area contributed by atoms with E-state index in [1.807, 2.05) is 18.3 Å². The van der Waals surface area contributed by atoms with Gasteiger partial charge in [0.15, 0.2) is 0 Å². The number of pyridine rings is 1. The van der Waals surface area contributed by atoms with Crippen LogP contribution in [0.25, 0.3) is 11.3 Å². The van der Waals surface area contributed by atoms with Gasteiger partial charge in [0, 0.05) is 23.7 Å². The van der Waals surface area contributed by atoms with Gasteiger partial charge in [-0.25, -0.2) is 4.98 Å². The summed E-state index contributed by atoms with van der Waals surface area (Å²) in [6.07, 6.45) is 6.28. The van der Waals surface area contributed by atoms with Gasteiger partial charge in [-0.1, -0.05) is 6.92 Å². The molecule has 3 heteroatoms. The Morgan fingerprint density at radius 3 is 3.08 bits per heavy atom. The second-order valence-corrected chi connectivity index (χ2v) is 2.82. The van der Waals surface area contributed by atoms with E-state index in [9.17, 15) is 0 Å². The third kappa shape index (κ3) is 1.45. The lowest BCUT2D eigenvalue weighted by Gasteiger charge is -1.98. The standard InChI is InChI=1S/C10H11N3/c1-2-9-10(13-7-12-9)8-4-3-5-11-6-8/h3-7H,2H2,1H3,(H,12,13). The van der Waals surface area contributed by atoms with Gasteiger partial charge in [0.25, 0.3) is 0 Å². The van der Waals surface area contributed by atoms with E-state index in [1.54, 1.807) is 12.5 Å². The third-order valence-corrected chi connectivity index (χ3v) is 2.01. The quantitative estimate of drug-likeness (QED) is 0.755. The number of nitrogens with zero attached hydrogens (tertiary/aromatic N) is 2. The Labute approximate surface area is 76.9 Å². The molecule has 0 bridgehead atoms. The van der Waals surface area contributed by atoms with Crippen molar-refractivity contribution in [3.05, 3.63) is 36.5 Å². The number of H-pyrrole nitrogens is 1. The van der Waals surface area contributed by atoms with Crippen molar-refractivity contribution in [2.75, 3.05) is 0 Å². The maximum absolute atomic E-state index is 4.26. The summed E-state index contributed by atoms with van der Waals surface area (Å²) in [5.41, 5.74) is 3.24. The van der Waals surface area contributed by atoms with Crippen molar-refractivity contribution in [2.24, 2.45) is 0 Å². The number of imidazole rings is 1. The van der Waals surface area contributed by atoms with Crippen LogP contribution in [0, 0.1) is 0 Å². The molecule has 0 aliphatic carbocycles. The Kier molecular flexibility index (Phi) is 2.08. The molecule has 0 saturated heterocycles. The molecule has 0 fully saturated rings. The van der Waals surface area contributed by atoms with Crippen LogP contribution in [0.1, 0.15) is 12.6 Å². The molecule has 2 rings (SSSR count). The van der Waals surface area contributed by atoms with E-state index in [-0.39, 0.29) is 0 Å². The van der Waals surface area contributed by atoms with Gasteiger partial charge in [0.2, 0.25) is 0 Å². The highest BCUT2D eigenvalue weighted by molar-refractivity contribution is 5.60. The summed E-state index contributed by atoms with van der Waals surface area (Å²) < 4.78 is 0. The molecule has 3 nitrogen and oxygen atoms in total. The number of aryl methyl sites for hydroxylation is 1. The van der Waals surface area contributed by atoms with Crippen LogP contribution in [0.4, 0.5) is 0 Å². The minimum absolute atomic E-state index is 0.963. The van der Waals surface area contributed by atoms with Crippen LogP contribution in [-0.4, -0.2) is 15.0 Å². The molecule has 0 aromatic carbocycles. The minimum atomic E-state index is 0.963. The van der Waals surface area contributed by atoms with Gasteiger partial charge in [-0.05, 0) is 18.6 Å². The Morgan fingerprint density at radius 2 is 2.38 bits per heavy atom. The number of aromatic nitrogens is 3. The molecule has 0 saturated carbocycles. The summed E-state index contributed by atoms with van der Waals surface area (Å²) in [7, 11) is 0. The van der Waals surface area contributed by atoms with Crippen molar-refractivity contribution in [1.82, 2.24) is 15.0 Å². The van der Waals surface area contributed by atoms with Gasteiger partial charge >= 0.3 is 0 Å². The maximum atomic E-state index is 4.26. The number of hydrogen-bond acceptors (Lipinski definition) is 2. The molecular weight excluding hydrogens is 162 g/mol. The van der Waals surface area contributed by atoms with Gasteiger partial charge < -0.3 is 4.98 Å². The van der Waals surface area contributed by atoms with Crippen LogP contribution in [0.3, 0.4) is 0 Å². The Hall–Kier alpha value is -1.64. The second kappa shape index (κ2) is 3.39. The van der Waals surface area contributed by atoms with E-state index in [0.29, 0.717) is 0 Å². The van der Waals surface area contributed by atoms with Crippen molar-refractivity contribution >= 4 is 0 Å². The molecular formula is C10H11N3. The smallest absolute Gasteiger partial charge is 0.0929 e. The van der Waals surface area contributed by atoms with Gasteiger partial charge in [-0.2, -0.15) is 0 Å². The van der Waals surface area contributed by atoms with Crippen molar-refractivity contribution < 1.29 is 0 Å². The number of nitrogens with one attached hydrogen (secondary N) is 1. The fraction of sp³-hybridized carbons (Fsp3) is 0.200. The predicted molar refractivity (Wildman–Crippen MR) is 51.2 cm³/mol. The summed E-state index contributed by atoms with van der Waals surface area (Å²) in [4.78, 5) is 11.4. The molecule has 0 aliphatic rings. The van der Waals surface area contributed by atoms with Crippen LogP contribution in [0.5, 0.6) is 0 Å². The molecule has 1 N–H and O–H groups in total. The van der Waals surface area contributed by atoms with Crippen molar-refractivity contribution in [1.29, 1.82) is 0 Å².